The number of nitrogens with zero attached hydrogens (tertiary/aromatic N) is 1. The Morgan fingerprint density at radius 1 is 0.833 bits per heavy atom. The Balaban J connectivity index is 0.00000450. The first-order valence-corrected chi connectivity index (χ1v) is 10.6. The van der Waals surface area contributed by atoms with E-state index < -0.39 is 0 Å². The van der Waals surface area contributed by atoms with Gasteiger partial charge in [-0.15, -0.1) is 24.0 Å². The SMILES string of the molecule is CCNC(=NCc1ccccc1COCc1ccccc1)NCCCCOCC.I. The third-order valence-electron chi connectivity index (χ3n) is 4.45. The molecule has 2 aromatic carbocycles. The molecule has 0 amide bonds. The van der Waals surface area contributed by atoms with E-state index in [1.807, 2.05) is 25.1 Å². The fraction of sp³-hybridized carbons (Fsp3) is 0.458. The third-order valence-corrected chi connectivity index (χ3v) is 4.45. The molecule has 0 radical (unpaired) electrons. The number of nitrogens with one attached hydrogen (secondary N) is 2. The van der Waals surface area contributed by atoms with Crippen LogP contribution >= 0.6 is 24.0 Å². The van der Waals surface area contributed by atoms with E-state index in [0.29, 0.717) is 19.8 Å². The molecule has 0 bridgehead atoms. The maximum atomic E-state index is 5.92. The number of aliphatic imine (C=N–C) groups is 1. The molecule has 6 heteroatoms. The summed E-state index contributed by atoms with van der Waals surface area (Å²) in [6, 6.07) is 18.6. The molecule has 2 aromatic rings. The lowest BCUT2D eigenvalue weighted by Crippen LogP contribution is -2.37. The summed E-state index contributed by atoms with van der Waals surface area (Å²) in [4.78, 5) is 4.75. The highest BCUT2D eigenvalue weighted by Crippen LogP contribution is 2.13. The largest absolute Gasteiger partial charge is 0.382 e. The Kier molecular flexibility index (Phi) is 15.0. The summed E-state index contributed by atoms with van der Waals surface area (Å²) in [6.45, 7) is 9.27. The number of guanidine groups is 1. The molecule has 2 rings (SSSR count). The van der Waals surface area contributed by atoms with Crippen LogP contribution < -0.4 is 10.6 Å². The fourth-order valence-corrected chi connectivity index (χ4v) is 2.89. The highest BCUT2D eigenvalue weighted by Gasteiger charge is 2.03. The minimum absolute atomic E-state index is 0. The van der Waals surface area contributed by atoms with Crippen molar-refractivity contribution in [2.75, 3.05) is 26.3 Å². The molecule has 2 N–H and O–H groups in total. The number of rotatable bonds is 13. The Morgan fingerprint density at radius 2 is 1.57 bits per heavy atom. The second-order valence-corrected chi connectivity index (χ2v) is 6.77. The predicted octanol–water partition coefficient (Wildman–Crippen LogP) is 4.89. The van der Waals surface area contributed by atoms with Crippen LogP contribution in [0.5, 0.6) is 0 Å². The van der Waals surface area contributed by atoms with Crippen LogP contribution in [0.15, 0.2) is 59.6 Å². The summed E-state index contributed by atoms with van der Waals surface area (Å²) in [7, 11) is 0. The molecule has 0 heterocycles. The van der Waals surface area contributed by atoms with Crippen molar-refractivity contribution in [3.05, 3.63) is 71.3 Å². The molecule has 0 aromatic heterocycles. The van der Waals surface area contributed by atoms with Crippen molar-refractivity contribution in [3.8, 4) is 0 Å². The van der Waals surface area contributed by atoms with Gasteiger partial charge >= 0.3 is 0 Å². The van der Waals surface area contributed by atoms with Crippen molar-refractivity contribution in [2.45, 2.75) is 46.4 Å². The molecule has 0 unspecified atom stereocenters. The van der Waals surface area contributed by atoms with E-state index in [1.165, 1.54) is 16.7 Å². The van der Waals surface area contributed by atoms with Crippen LogP contribution in [0.25, 0.3) is 0 Å². The van der Waals surface area contributed by atoms with Crippen LogP contribution in [-0.4, -0.2) is 32.3 Å². The zero-order chi connectivity index (χ0) is 20.6. The normalized spacial score (nSPS) is 11.1. The Bertz CT molecular complexity index is 711. The van der Waals surface area contributed by atoms with Crippen molar-refractivity contribution >= 4 is 29.9 Å². The molecule has 0 saturated carbocycles. The summed E-state index contributed by atoms with van der Waals surface area (Å²) in [5.41, 5.74) is 3.56. The van der Waals surface area contributed by atoms with Gasteiger partial charge in [-0.3, -0.25) is 0 Å². The van der Waals surface area contributed by atoms with Gasteiger partial charge in [0.1, 0.15) is 0 Å². The van der Waals surface area contributed by atoms with Crippen LogP contribution in [-0.2, 0) is 29.2 Å². The van der Waals surface area contributed by atoms with Gasteiger partial charge in [0.05, 0.1) is 19.8 Å². The molecule has 166 valence electrons. The number of halogens is 1. The molecule has 5 nitrogen and oxygen atoms in total. The van der Waals surface area contributed by atoms with Gasteiger partial charge < -0.3 is 20.1 Å². The van der Waals surface area contributed by atoms with Gasteiger partial charge in [0.2, 0.25) is 0 Å². The Hall–Kier alpha value is -1.64. The third kappa shape index (κ3) is 10.9. The minimum atomic E-state index is 0. The molecule has 0 atom stereocenters. The Labute approximate surface area is 198 Å². The summed E-state index contributed by atoms with van der Waals surface area (Å²) < 4.78 is 11.3. The first-order chi connectivity index (χ1) is 14.3. The van der Waals surface area contributed by atoms with Crippen LogP contribution in [0.2, 0.25) is 0 Å². The standard InChI is InChI=1S/C24H35N3O2.HI/c1-3-25-24(26-16-10-11-17-28-4-2)27-18-22-14-8-9-15-23(22)20-29-19-21-12-6-5-7-13-21;/h5-9,12-15H,3-4,10-11,16-20H2,1-2H3,(H2,25,26,27);1H. The number of benzene rings is 2. The minimum Gasteiger partial charge on any atom is -0.382 e. The van der Waals surface area contributed by atoms with Gasteiger partial charge in [-0.05, 0) is 43.4 Å². The first-order valence-electron chi connectivity index (χ1n) is 10.6. The quantitative estimate of drug-likeness (QED) is 0.169. The van der Waals surface area contributed by atoms with Crippen LogP contribution in [0.1, 0.15) is 43.4 Å². The number of hydrogen-bond donors (Lipinski definition) is 2. The molecule has 0 fully saturated rings. The van der Waals surface area contributed by atoms with Gasteiger partial charge in [-0.25, -0.2) is 4.99 Å². The lowest BCUT2D eigenvalue weighted by Gasteiger charge is -2.13. The summed E-state index contributed by atoms with van der Waals surface area (Å²) in [5, 5.41) is 6.72. The number of unbranched alkanes of at least 4 members (excludes halogenated alkanes) is 1. The Morgan fingerprint density at radius 3 is 2.30 bits per heavy atom. The molecular weight excluding hydrogens is 489 g/mol. The van der Waals surface area contributed by atoms with Crippen molar-refractivity contribution in [3.63, 3.8) is 0 Å². The van der Waals surface area contributed by atoms with Gasteiger partial charge in [0.15, 0.2) is 5.96 Å². The topological polar surface area (TPSA) is 54.9 Å². The lowest BCUT2D eigenvalue weighted by molar-refractivity contribution is 0.106. The van der Waals surface area contributed by atoms with E-state index in [9.17, 15) is 0 Å². The van der Waals surface area contributed by atoms with Crippen molar-refractivity contribution < 1.29 is 9.47 Å². The highest BCUT2D eigenvalue weighted by atomic mass is 127. The zero-order valence-corrected chi connectivity index (χ0v) is 20.6. The van der Waals surface area contributed by atoms with Gasteiger partial charge in [-0.2, -0.15) is 0 Å². The van der Waals surface area contributed by atoms with Crippen LogP contribution in [0.3, 0.4) is 0 Å². The number of ether oxygens (including phenoxy) is 2. The smallest absolute Gasteiger partial charge is 0.191 e. The fourth-order valence-electron chi connectivity index (χ4n) is 2.89. The molecule has 30 heavy (non-hydrogen) atoms. The predicted molar refractivity (Wildman–Crippen MR) is 135 cm³/mol. The van der Waals surface area contributed by atoms with Gasteiger partial charge in [0, 0.05) is 26.3 Å². The van der Waals surface area contributed by atoms with E-state index in [0.717, 1.165) is 45.1 Å². The van der Waals surface area contributed by atoms with Crippen molar-refractivity contribution in [1.29, 1.82) is 0 Å². The lowest BCUT2D eigenvalue weighted by atomic mass is 10.1. The highest BCUT2D eigenvalue weighted by molar-refractivity contribution is 14.0. The zero-order valence-electron chi connectivity index (χ0n) is 18.2. The van der Waals surface area contributed by atoms with Gasteiger partial charge in [-0.1, -0.05) is 54.6 Å². The van der Waals surface area contributed by atoms with Crippen LogP contribution in [0, 0.1) is 0 Å². The van der Waals surface area contributed by atoms with Gasteiger partial charge in [0.25, 0.3) is 0 Å². The van der Waals surface area contributed by atoms with E-state index in [2.05, 4.69) is 54.0 Å². The summed E-state index contributed by atoms with van der Waals surface area (Å²) in [5.74, 6) is 0.851. The molecule has 0 aliphatic carbocycles. The summed E-state index contributed by atoms with van der Waals surface area (Å²) >= 11 is 0. The van der Waals surface area contributed by atoms with Crippen molar-refractivity contribution in [2.24, 2.45) is 4.99 Å². The second-order valence-electron chi connectivity index (χ2n) is 6.77. The van der Waals surface area contributed by atoms with Crippen LogP contribution in [0.4, 0.5) is 0 Å². The number of hydrogen-bond acceptors (Lipinski definition) is 3. The molecular formula is C24H36IN3O2. The second kappa shape index (κ2) is 17.1. The molecule has 0 saturated heterocycles. The van der Waals surface area contributed by atoms with Crippen molar-refractivity contribution in [1.82, 2.24) is 10.6 Å². The molecule has 0 aliphatic heterocycles. The maximum Gasteiger partial charge on any atom is 0.191 e. The average molecular weight is 525 g/mol. The van der Waals surface area contributed by atoms with E-state index in [-0.39, 0.29) is 24.0 Å². The van der Waals surface area contributed by atoms with E-state index in [4.69, 9.17) is 14.5 Å². The molecule has 0 spiro atoms. The first kappa shape index (κ1) is 26.4. The van der Waals surface area contributed by atoms with E-state index in [1.54, 1.807) is 0 Å². The van der Waals surface area contributed by atoms with E-state index >= 15 is 0 Å². The molecule has 0 aliphatic rings. The summed E-state index contributed by atoms with van der Waals surface area (Å²) in [6.07, 6.45) is 2.12. The monoisotopic (exact) mass is 525 g/mol. The maximum absolute atomic E-state index is 5.92. The average Bonchev–Trinajstić information content (AvgIpc) is 2.76.